The number of nitrogens with one attached hydrogen (secondary N) is 3. The minimum absolute atomic E-state index is 0.0573. The fraction of sp³-hybridized carbons (Fsp3) is 0.227. The van der Waals surface area contributed by atoms with Crippen molar-refractivity contribution in [2.45, 2.75) is 19.6 Å². The highest BCUT2D eigenvalue weighted by Gasteiger charge is 2.10. The number of nitro benzene ring substituents is 1. The van der Waals surface area contributed by atoms with Crippen molar-refractivity contribution in [3.8, 4) is 0 Å². The number of nitrogens with zero attached hydrogens (tertiary/aromatic N) is 3. The van der Waals surface area contributed by atoms with E-state index in [1.807, 2.05) is 30.3 Å². The molecular weight excluding hydrogens is 428 g/mol. The summed E-state index contributed by atoms with van der Waals surface area (Å²) in [7, 11) is 0. The van der Waals surface area contributed by atoms with Gasteiger partial charge in [0, 0.05) is 42.7 Å². The maximum atomic E-state index is 11.8. The van der Waals surface area contributed by atoms with Crippen molar-refractivity contribution in [1.29, 1.82) is 0 Å². The van der Waals surface area contributed by atoms with Gasteiger partial charge in [-0.1, -0.05) is 36.4 Å². The van der Waals surface area contributed by atoms with Gasteiger partial charge in [-0.25, -0.2) is 9.78 Å². The number of carbonyl (C=O) groups excluding carboxylic acids is 1. The summed E-state index contributed by atoms with van der Waals surface area (Å²) >= 11 is 0. The molecule has 4 N–H and O–H groups in total. The lowest BCUT2D eigenvalue weighted by molar-refractivity contribution is -0.384. The normalized spacial score (nSPS) is 10.3. The molecule has 0 unspecified atom stereocenters. The number of aliphatic hydroxyl groups excluding tert-OH is 1. The van der Waals surface area contributed by atoms with Gasteiger partial charge in [-0.15, -0.1) is 0 Å². The van der Waals surface area contributed by atoms with Gasteiger partial charge in [0.2, 0.25) is 5.95 Å². The molecule has 33 heavy (non-hydrogen) atoms. The second kappa shape index (κ2) is 12.0. The van der Waals surface area contributed by atoms with E-state index >= 15 is 0 Å². The van der Waals surface area contributed by atoms with Crippen molar-refractivity contribution in [2.24, 2.45) is 0 Å². The molecular formula is C22H24N6O5. The van der Waals surface area contributed by atoms with Crippen LogP contribution in [0.5, 0.6) is 0 Å². The predicted octanol–water partition coefficient (Wildman–Crippen LogP) is 3.35. The molecule has 1 aromatic heterocycles. The lowest BCUT2D eigenvalue weighted by Gasteiger charge is -2.12. The Morgan fingerprint density at radius 2 is 1.97 bits per heavy atom. The molecule has 0 saturated carbocycles. The van der Waals surface area contributed by atoms with Crippen LogP contribution in [-0.2, 0) is 17.9 Å². The van der Waals surface area contributed by atoms with Crippen LogP contribution < -0.4 is 16.0 Å². The standard InChI is InChI=1S/C22H24N6O5/c29-15-17-14-24-21(26-18-8-4-9-19(12-18)28(31)32)27-20(17)23-10-5-11-33-22(30)25-13-16-6-2-1-3-7-16/h1-4,6-9,12,14,29H,5,10-11,13,15H2,(H,25,30)(H2,23,24,26,27). The smallest absolute Gasteiger partial charge is 0.407 e. The molecule has 1 heterocycles. The number of aliphatic hydroxyl groups is 1. The number of ether oxygens (including phenoxy) is 1. The molecule has 0 spiro atoms. The number of non-ortho nitro benzene ring substituents is 1. The largest absolute Gasteiger partial charge is 0.449 e. The number of aromatic nitrogens is 2. The number of rotatable bonds is 11. The number of benzene rings is 2. The van der Waals surface area contributed by atoms with Crippen molar-refractivity contribution in [3.63, 3.8) is 0 Å². The SMILES string of the molecule is O=C(NCc1ccccc1)OCCCNc1nc(Nc2cccc([N+](=O)[O-])c2)ncc1CO. The van der Waals surface area contributed by atoms with Crippen LogP contribution in [0.3, 0.4) is 0 Å². The van der Waals surface area contributed by atoms with E-state index in [0.717, 1.165) is 5.56 Å². The molecule has 0 aliphatic carbocycles. The molecule has 0 aliphatic rings. The molecule has 2 aromatic carbocycles. The maximum absolute atomic E-state index is 11.8. The van der Waals surface area contributed by atoms with Gasteiger partial charge in [0.1, 0.15) is 5.82 Å². The van der Waals surface area contributed by atoms with Crippen LogP contribution in [0.25, 0.3) is 0 Å². The van der Waals surface area contributed by atoms with Gasteiger partial charge in [0.25, 0.3) is 5.69 Å². The summed E-state index contributed by atoms with van der Waals surface area (Å²) in [6.45, 7) is 0.759. The molecule has 0 atom stereocenters. The molecule has 0 aliphatic heterocycles. The van der Waals surface area contributed by atoms with E-state index < -0.39 is 11.0 Å². The Morgan fingerprint density at radius 3 is 2.73 bits per heavy atom. The molecule has 1 amide bonds. The molecule has 0 radical (unpaired) electrons. The quantitative estimate of drug-likeness (QED) is 0.195. The van der Waals surface area contributed by atoms with Crippen molar-refractivity contribution in [2.75, 3.05) is 23.8 Å². The minimum Gasteiger partial charge on any atom is -0.449 e. The Morgan fingerprint density at radius 1 is 1.15 bits per heavy atom. The molecule has 11 nitrogen and oxygen atoms in total. The van der Waals surface area contributed by atoms with Crippen LogP contribution in [0.15, 0.2) is 60.8 Å². The number of carbonyl (C=O) groups is 1. The number of hydrogen-bond donors (Lipinski definition) is 4. The highest BCUT2D eigenvalue weighted by Crippen LogP contribution is 2.21. The first-order valence-corrected chi connectivity index (χ1v) is 10.2. The first-order valence-electron chi connectivity index (χ1n) is 10.2. The van der Waals surface area contributed by atoms with E-state index in [0.29, 0.717) is 36.6 Å². The van der Waals surface area contributed by atoms with Crippen LogP contribution in [0, 0.1) is 10.1 Å². The molecule has 11 heteroatoms. The van der Waals surface area contributed by atoms with Crippen molar-refractivity contribution in [3.05, 3.63) is 82.0 Å². The molecule has 172 valence electrons. The van der Waals surface area contributed by atoms with E-state index in [1.165, 1.54) is 18.3 Å². The number of nitro groups is 1. The number of amides is 1. The van der Waals surface area contributed by atoms with E-state index in [4.69, 9.17) is 4.74 Å². The Balaban J connectivity index is 1.46. The lowest BCUT2D eigenvalue weighted by Crippen LogP contribution is -2.24. The topological polar surface area (TPSA) is 152 Å². The van der Waals surface area contributed by atoms with Crippen LogP contribution in [0.4, 0.5) is 27.9 Å². The lowest BCUT2D eigenvalue weighted by atomic mass is 10.2. The zero-order valence-electron chi connectivity index (χ0n) is 17.7. The Hall–Kier alpha value is -4.25. The van der Waals surface area contributed by atoms with Gasteiger partial charge in [0.05, 0.1) is 18.1 Å². The Kier molecular flexibility index (Phi) is 8.48. The molecule has 0 bridgehead atoms. The van der Waals surface area contributed by atoms with Gasteiger partial charge in [-0.05, 0) is 18.1 Å². The van der Waals surface area contributed by atoms with Crippen LogP contribution in [-0.4, -0.2) is 39.2 Å². The van der Waals surface area contributed by atoms with Crippen LogP contribution in [0.2, 0.25) is 0 Å². The third kappa shape index (κ3) is 7.43. The Labute approximate surface area is 190 Å². The molecule has 0 fully saturated rings. The molecule has 0 saturated heterocycles. The van der Waals surface area contributed by atoms with Gasteiger partial charge < -0.3 is 25.8 Å². The highest BCUT2D eigenvalue weighted by molar-refractivity contribution is 5.67. The Bertz CT molecular complexity index is 1080. The van der Waals surface area contributed by atoms with Gasteiger partial charge in [0.15, 0.2) is 0 Å². The van der Waals surface area contributed by atoms with Crippen molar-refractivity contribution in [1.82, 2.24) is 15.3 Å². The van der Waals surface area contributed by atoms with Crippen molar-refractivity contribution >= 4 is 29.2 Å². The second-order valence-corrected chi connectivity index (χ2v) is 6.91. The molecule has 3 rings (SSSR count). The first-order chi connectivity index (χ1) is 16.0. The number of anilines is 3. The zero-order valence-corrected chi connectivity index (χ0v) is 17.7. The fourth-order valence-electron chi connectivity index (χ4n) is 2.83. The summed E-state index contributed by atoms with van der Waals surface area (Å²) in [5, 5.41) is 29.1. The number of alkyl carbamates (subject to hydrolysis) is 1. The summed E-state index contributed by atoms with van der Waals surface area (Å²) in [5.41, 5.74) is 1.87. The van der Waals surface area contributed by atoms with E-state index in [1.54, 1.807) is 12.1 Å². The summed E-state index contributed by atoms with van der Waals surface area (Å²) in [6, 6.07) is 15.5. The maximum Gasteiger partial charge on any atom is 0.407 e. The van der Waals surface area contributed by atoms with Gasteiger partial charge in [-0.2, -0.15) is 4.98 Å². The van der Waals surface area contributed by atoms with E-state index in [-0.39, 0.29) is 24.8 Å². The third-order valence-electron chi connectivity index (χ3n) is 4.47. The summed E-state index contributed by atoms with van der Waals surface area (Å²) in [6.07, 6.45) is 1.48. The van der Waals surface area contributed by atoms with Crippen molar-refractivity contribution < 1.29 is 19.6 Å². The summed E-state index contributed by atoms with van der Waals surface area (Å²) in [4.78, 5) is 30.7. The van der Waals surface area contributed by atoms with E-state index in [9.17, 15) is 20.0 Å². The summed E-state index contributed by atoms with van der Waals surface area (Å²) < 4.78 is 5.15. The van der Waals surface area contributed by atoms with Crippen LogP contribution >= 0.6 is 0 Å². The highest BCUT2D eigenvalue weighted by atomic mass is 16.6. The molecule has 3 aromatic rings. The monoisotopic (exact) mass is 452 g/mol. The third-order valence-corrected chi connectivity index (χ3v) is 4.47. The number of hydrogen-bond acceptors (Lipinski definition) is 9. The second-order valence-electron chi connectivity index (χ2n) is 6.91. The summed E-state index contributed by atoms with van der Waals surface area (Å²) in [5.74, 6) is 0.626. The van der Waals surface area contributed by atoms with Gasteiger partial charge >= 0.3 is 6.09 Å². The first kappa shape index (κ1) is 23.4. The predicted molar refractivity (Wildman–Crippen MR) is 122 cm³/mol. The average Bonchev–Trinajstić information content (AvgIpc) is 2.83. The van der Waals surface area contributed by atoms with E-state index in [2.05, 4.69) is 25.9 Å². The zero-order chi connectivity index (χ0) is 23.5. The minimum atomic E-state index is -0.500. The average molecular weight is 452 g/mol. The van der Waals surface area contributed by atoms with Crippen LogP contribution in [0.1, 0.15) is 17.5 Å². The fourth-order valence-corrected chi connectivity index (χ4v) is 2.83. The van der Waals surface area contributed by atoms with Gasteiger partial charge in [-0.3, -0.25) is 10.1 Å².